The molecule has 1 aromatic heterocycles. The maximum atomic E-state index is 12.5. The Balaban J connectivity index is 2.08. The Bertz CT molecular complexity index is 856. The van der Waals surface area contributed by atoms with Gasteiger partial charge in [0.1, 0.15) is 0 Å². The van der Waals surface area contributed by atoms with Crippen LogP contribution in [-0.2, 0) is 11.3 Å². The molecule has 0 spiro atoms. The van der Waals surface area contributed by atoms with Crippen LogP contribution in [0.2, 0.25) is 0 Å². The number of carbonyl (C=O) groups excluding carboxylic acids is 1. The summed E-state index contributed by atoms with van der Waals surface area (Å²) in [6.45, 7) is 2.34. The van der Waals surface area contributed by atoms with Gasteiger partial charge in [-0.1, -0.05) is 6.92 Å². The predicted octanol–water partition coefficient (Wildman–Crippen LogP) is 3.37. The number of halogens is 2. The highest BCUT2D eigenvalue weighted by molar-refractivity contribution is 5.92. The van der Waals surface area contributed by atoms with Crippen molar-refractivity contribution in [2.45, 2.75) is 33.9 Å². The first-order chi connectivity index (χ1) is 13.2. The molecule has 1 amide bonds. The highest BCUT2D eigenvalue weighted by Crippen LogP contribution is 2.32. The highest BCUT2D eigenvalue weighted by Gasteiger charge is 2.21. The predicted molar refractivity (Wildman–Crippen MR) is 95.7 cm³/mol. The number of rotatable bonds is 9. The zero-order valence-electron chi connectivity index (χ0n) is 15.5. The molecule has 0 aliphatic carbocycles. The summed E-state index contributed by atoms with van der Waals surface area (Å²) in [5.41, 5.74) is 0.892. The van der Waals surface area contributed by atoms with Crippen LogP contribution in [0.1, 0.15) is 19.5 Å². The van der Waals surface area contributed by atoms with Gasteiger partial charge in [0.25, 0.3) is 0 Å². The Morgan fingerprint density at radius 1 is 1.36 bits per heavy atom. The molecule has 28 heavy (non-hydrogen) atoms. The van der Waals surface area contributed by atoms with Crippen molar-refractivity contribution in [2.24, 2.45) is 5.92 Å². The number of aromatic nitrogens is 2. The van der Waals surface area contributed by atoms with Crippen molar-refractivity contribution in [1.82, 2.24) is 9.78 Å². The van der Waals surface area contributed by atoms with Crippen LogP contribution in [0.5, 0.6) is 11.5 Å². The molecule has 152 valence electrons. The van der Waals surface area contributed by atoms with Gasteiger partial charge < -0.3 is 24.9 Å². The lowest BCUT2D eigenvalue weighted by Crippen LogP contribution is -2.25. The van der Waals surface area contributed by atoms with E-state index in [2.05, 4.69) is 15.2 Å². The molecule has 1 heterocycles. The lowest BCUT2D eigenvalue weighted by Gasteiger charge is -2.15. The number of alkyl halides is 2. The topological polar surface area (TPSA) is 109 Å². The van der Waals surface area contributed by atoms with Crippen LogP contribution in [0.3, 0.4) is 0 Å². The first-order valence-corrected chi connectivity index (χ1v) is 8.42. The van der Waals surface area contributed by atoms with Gasteiger partial charge in [-0.25, -0.2) is 0 Å². The first-order valence-electron chi connectivity index (χ1n) is 8.42. The van der Waals surface area contributed by atoms with Crippen molar-refractivity contribution in [3.8, 4) is 11.5 Å². The van der Waals surface area contributed by atoms with Crippen molar-refractivity contribution in [1.29, 1.82) is 0 Å². The largest absolute Gasteiger partial charge is 0.490 e. The van der Waals surface area contributed by atoms with E-state index in [0.29, 0.717) is 11.4 Å². The van der Waals surface area contributed by atoms with E-state index < -0.39 is 17.5 Å². The summed E-state index contributed by atoms with van der Waals surface area (Å²) < 4.78 is 35.9. The number of nitrogens with zero attached hydrogens (tertiary/aromatic N) is 3. The molecule has 1 unspecified atom stereocenters. The van der Waals surface area contributed by atoms with Gasteiger partial charge in [-0.3, -0.25) is 4.79 Å². The highest BCUT2D eigenvalue weighted by atomic mass is 19.3. The minimum atomic E-state index is -3.00. The van der Waals surface area contributed by atoms with E-state index in [9.17, 15) is 23.7 Å². The Labute approximate surface area is 159 Å². The lowest BCUT2D eigenvalue weighted by molar-refractivity contribution is -0.389. The molecule has 0 radical (unpaired) electrons. The standard InChI is InChI=1S/C17H20F2N4O5/c1-4-27-14-8-12(5-6-13(14)28-17(18)19)20-16(24)10(2)9-22-11(3)7-15(21-22)23(25)26/h5-8,10,17H,4,9H2,1-3H3,(H,20,24). The number of benzene rings is 1. The molecule has 11 heteroatoms. The zero-order chi connectivity index (χ0) is 20.8. The number of nitro groups is 1. The van der Waals surface area contributed by atoms with Crippen molar-refractivity contribution >= 4 is 17.4 Å². The van der Waals surface area contributed by atoms with E-state index in [0.717, 1.165) is 0 Å². The van der Waals surface area contributed by atoms with Gasteiger partial charge in [0.05, 0.1) is 35.9 Å². The van der Waals surface area contributed by atoms with Gasteiger partial charge in [-0.05, 0) is 30.9 Å². The Morgan fingerprint density at radius 2 is 2.07 bits per heavy atom. The summed E-state index contributed by atoms with van der Waals surface area (Å²) in [5, 5.41) is 17.3. The number of ether oxygens (including phenoxy) is 2. The van der Waals surface area contributed by atoms with Gasteiger partial charge in [-0.15, -0.1) is 0 Å². The molecule has 0 bridgehead atoms. The van der Waals surface area contributed by atoms with Crippen LogP contribution in [0.15, 0.2) is 24.3 Å². The molecule has 2 aromatic rings. The minimum Gasteiger partial charge on any atom is -0.490 e. The number of carbonyl (C=O) groups is 1. The molecular formula is C17H20F2N4O5. The summed E-state index contributed by atoms with van der Waals surface area (Å²) >= 11 is 0. The van der Waals surface area contributed by atoms with Crippen molar-refractivity contribution < 1.29 is 28.0 Å². The smallest absolute Gasteiger partial charge is 0.390 e. The van der Waals surface area contributed by atoms with Crippen molar-refractivity contribution in [3.05, 3.63) is 40.1 Å². The quantitative estimate of drug-likeness (QED) is 0.512. The fourth-order valence-electron chi connectivity index (χ4n) is 2.42. The van der Waals surface area contributed by atoms with Crippen molar-refractivity contribution in [3.63, 3.8) is 0 Å². The summed E-state index contributed by atoms with van der Waals surface area (Å²) in [4.78, 5) is 22.6. The molecule has 0 saturated carbocycles. The second kappa shape index (κ2) is 9.11. The van der Waals surface area contributed by atoms with Gasteiger partial charge in [0, 0.05) is 11.8 Å². The number of nitrogens with one attached hydrogen (secondary N) is 1. The lowest BCUT2D eigenvalue weighted by atomic mass is 10.1. The second-order valence-corrected chi connectivity index (χ2v) is 5.95. The van der Waals surface area contributed by atoms with Gasteiger partial charge >= 0.3 is 12.4 Å². The van der Waals surface area contributed by atoms with Gasteiger partial charge in [-0.2, -0.15) is 13.5 Å². The maximum absolute atomic E-state index is 12.5. The van der Waals surface area contributed by atoms with Crippen molar-refractivity contribution in [2.75, 3.05) is 11.9 Å². The van der Waals surface area contributed by atoms with Crippen LogP contribution in [0.25, 0.3) is 0 Å². The van der Waals surface area contributed by atoms with E-state index in [-0.39, 0.29) is 36.4 Å². The van der Waals surface area contributed by atoms with Gasteiger partial charge in [0.15, 0.2) is 11.5 Å². The number of hydrogen-bond donors (Lipinski definition) is 1. The SMILES string of the molecule is CCOc1cc(NC(=O)C(C)Cn2nc([N+](=O)[O-])cc2C)ccc1OC(F)F. The summed E-state index contributed by atoms with van der Waals surface area (Å²) in [5.74, 6) is -1.29. The maximum Gasteiger partial charge on any atom is 0.390 e. The average molecular weight is 398 g/mol. The van der Waals surface area contributed by atoms with E-state index in [4.69, 9.17) is 4.74 Å². The third-order valence-corrected chi connectivity index (χ3v) is 3.78. The molecule has 0 aliphatic rings. The molecule has 9 nitrogen and oxygen atoms in total. The number of amides is 1. The van der Waals surface area contributed by atoms with Crippen LogP contribution < -0.4 is 14.8 Å². The first kappa shape index (κ1) is 21.1. The molecule has 0 aliphatic heterocycles. The summed E-state index contributed by atoms with van der Waals surface area (Å²) in [7, 11) is 0. The van der Waals surface area contributed by atoms with Crippen LogP contribution in [0.4, 0.5) is 20.3 Å². The van der Waals surface area contributed by atoms with Gasteiger partial charge in [0.2, 0.25) is 5.91 Å². The Hall–Kier alpha value is -3.24. The van der Waals surface area contributed by atoms with E-state index in [1.807, 2.05) is 0 Å². The summed E-state index contributed by atoms with van der Waals surface area (Å²) in [6, 6.07) is 5.39. The molecular weight excluding hydrogens is 378 g/mol. The summed E-state index contributed by atoms with van der Waals surface area (Å²) in [6.07, 6.45) is 0. The third kappa shape index (κ3) is 5.38. The van der Waals surface area contributed by atoms with E-state index in [1.165, 1.54) is 28.9 Å². The minimum absolute atomic E-state index is 0.0757. The molecule has 1 N–H and O–H groups in total. The van der Waals surface area contributed by atoms with Crippen LogP contribution in [-0.4, -0.2) is 33.8 Å². The molecule has 0 fully saturated rings. The number of aryl methyl sites for hydroxylation is 1. The molecule has 2 rings (SSSR count). The molecule has 0 saturated heterocycles. The Kier molecular flexibility index (Phi) is 6.85. The van der Waals surface area contributed by atoms with E-state index >= 15 is 0 Å². The fraction of sp³-hybridized carbons (Fsp3) is 0.412. The molecule has 1 atom stereocenters. The van der Waals surface area contributed by atoms with Crippen LogP contribution >= 0.6 is 0 Å². The monoisotopic (exact) mass is 398 g/mol. The van der Waals surface area contributed by atoms with E-state index in [1.54, 1.807) is 20.8 Å². The average Bonchev–Trinajstić information content (AvgIpc) is 2.98. The Morgan fingerprint density at radius 3 is 2.64 bits per heavy atom. The number of anilines is 1. The fourth-order valence-corrected chi connectivity index (χ4v) is 2.42. The molecule has 1 aromatic carbocycles. The second-order valence-electron chi connectivity index (χ2n) is 5.95. The third-order valence-electron chi connectivity index (χ3n) is 3.78. The van der Waals surface area contributed by atoms with Crippen LogP contribution in [0, 0.1) is 23.0 Å². The number of hydrogen-bond acceptors (Lipinski definition) is 6. The normalized spacial score (nSPS) is 11.9. The zero-order valence-corrected chi connectivity index (χ0v) is 15.5.